The number of aliphatic hydroxyl groups is 1. The molecule has 2 aromatic rings. The number of fused-ring (bicyclic) bond motifs is 1. The Morgan fingerprint density at radius 3 is 2.89 bits per heavy atom. The summed E-state index contributed by atoms with van der Waals surface area (Å²) in [5, 5.41) is 22.6. The fraction of sp³-hybridized carbons (Fsp3) is 0.476. The van der Waals surface area contributed by atoms with Crippen LogP contribution in [0.4, 0.5) is 5.69 Å². The summed E-state index contributed by atoms with van der Waals surface area (Å²) in [5.74, 6) is -0.0972. The third-order valence-corrected chi connectivity index (χ3v) is 5.09. The van der Waals surface area contributed by atoms with Crippen LogP contribution in [0.5, 0.6) is 0 Å². The first-order chi connectivity index (χ1) is 13.4. The summed E-state index contributed by atoms with van der Waals surface area (Å²) >= 11 is 0. The zero-order valence-electron chi connectivity index (χ0n) is 16.4. The van der Waals surface area contributed by atoms with E-state index in [9.17, 15) is 15.2 Å². The van der Waals surface area contributed by atoms with Gasteiger partial charge in [-0.3, -0.25) is 9.78 Å². The zero-order chi connectivity index (χ0) is 20.3. The van der Waals surface area contributed by atoms with Crippen LogP contribution in [0, 0.1) is 17.2 Å². The summed E-state index contributed by atoms with van der Waals surface area (Å²) in [6, 6.07) is 9.33. The number of aromatic nitrogens is 1. The number of nitrogens with zero attached hydrogens (tertiary/aromatic N) is 3. The molecule has 1 saturated heterocycles. The Hall–Kier alpha value is -2.69. The predicted molar refractivity (Wildman–Crippen MR) is 107 cm³/mol. The molecule has 1 aliphatic rings. The molecule has 0 unspecified atom stereocenters. The van der Waals surface area contributed by atoms with Crippen LogP contribution in [0.15, 0.2) is 30.5 Å². The van der Waals surface area contributed by atoms with Crippen molar-refractivity contribution < 1.29 is 14.6 Å². The van der Waals surface area contributed by atoms with Crippen LogP contribution < -0.4 is 10.2 Å². The van der Waals surface area contributed by atoms with Crippen molar-refractivity contribution in [2.24, 2.45) is 5.92 Å². The molecule has 28 heavy (non-hydrogen) atoms. The molecule has 148 valence electrons. The second-order valence-electron chi connectivity index (χ2n) is 7.53. The maximum absolute atomic E-state index is 12.7. The lowest BCUT2D eigenvalue weighted by molar-refractivity contribution is -0.138. The van der Waals surface area contributed by atoms with Crippen molar-refractivity contribution in [3.63, 3.8) is 0 Å². The number of morpholine rings is 1. The third-order valence-electron chi connectivity index (χ3n) is 5.09. The second kappa shape index (κ2) is 8.55. The Kier molecular flexibility index (Phi) is 6.12. The number of aliphatic hydroxyl groups excluding tert-OH is 1. The van der Waals surface area contributed by atoms with Crippen LogP contribution >= 0.6 is 0 Å². The second-order valence-corrected chi connectivity index (χ2v) is 7.53. The van der Waals surface area contributed by atoms with Crippen molar-refractivity contribution in [3.8, 4) is 6.07 Å². The molecule has 0 bridgehead atoms. The van der Waals surface area contributed by atoms with E-state index in [1.165, 1.54) is 0 Å². The molecular weight excluding hydrogens is 356 g/mol. The highest BCUT2D eigenvalue weighted by atomic mass is 16.5. The summed E-state index contributed by atoms with van der Waals surface area (Å²) in [6.45, 7) is 6.75. The van der Waals surface area contributed by atoms with Gasteiger partial charge in [0, 0.05) is 23.8 Å². The molecule has 0 aliphatic carbocycles. The van der Waals surface area contributed by atoms with E-state index in [2.05, 4.69) is 21.3 Å². The Morgan fingerprint density at radius 2 is 2.21 bits per heavy atom. The monoisotopic (exact) mass is 382 g/mol. The van der Waals surface area contributed by atoms with Gasteiger partial charge in [-0.05, 0) is 37.1 Å². The van der Waals surface area contributed by atoms with Crippen molar-refractivity contribution in [2.45, 2.75) is 39.0 Å². The first-order valence-corrected chi connectivity index (χ1v) is 9.54. The minimum Gasteiger partial charge on any atom is -0.394 e. The van der Waals surface area contributed by atoms with Crippen molar-refractivity contribution in [1.29, 1.82) is 5.26 Å². The molecule has 2 heterocycles. The SMILES string of the molecule is CC(C)[C@@H](CO)NC(=O)[C@H]1CN(c2ccc(C#N)c3ncccc23)C[C@@H](C)O1. The van der Waals surface area contributed by atoms with E-state index in [1.807, 2.05) is 39.0 Å². The van der Waals surface area contributed by atoms with Gasteiger partial charge < -0.3 is 20.1 Å². The molecule has 0 saturated carbocycles. The lowest BCUT2D eigenvalue weighted by atomic mass is 10.0. The number of hydrogen-bond acceptors (Lipinski definition) is 6. The number of pyridine rings is 1. The number of carbonyl (C=O) groups excluding carboxylic acids is 1. The standard InChI is InChI=1S/C21H26N4O3/c1-13(2)17(12-26)24-21(27)19-11-25(10-14(3)28-19)18-7-6-15(9-22)20-16(18)5-4-8-23-20/h4-8,13-14,17,19,26H,10-12H2,1-3H3,(H,24,27)/t14-,17-,19-/m1/s1. The molecule has 1 fully saturated rings. The lowest BCUT2D eigenvalue weighted by Gasteiger charge is -2.38. The molecular formula is C21H26N4O3. The van der Waals surface area contributed by atoms with Gasteiger partial charge in [0.05, 0.1) is 36.4 Å². The zero-order valence-corrected chi connectivity index (χ0v) is 16.4. The summed E-state index contributed by atoms with van der Waals surface area (Å²) < 4.78 is 5.88. The normalized spacial score (nSPS) is 20.8. The number of nitrogens with one attached hydrogen (secondary N) is 1. The highest BCUT2D eigenvalue weighted by Gasteiger charge is 2.32. The fourth-order valence-corrected chi connectivity index (χ4v) is 3.52. The van der Waals surface area contributed by atoms with E-state index in [0.29, 0.717) is 24.2 Å². The summed E-state index contributed by atoms with van der Waals surface area (Å²) in [5.41, 5.74) is 2.11. The minimum absolute atomic E-state index is 0.110. The Labute approximate surface area is 164 Å². The van der Waals surface area contributed by atoms with Gasteiger partial charge in [0.15, 0.2) is 6.10 Å². The van der Waals surface area contributed by atoms with E-state index in [4.69, 9.17) is 4.74 Å². The molecule has 1 aromatic heterocycles. The van der Waals surface area contributed by atoms with Gasteiger partial charge >= 0.3 is 0 Å². The number of rotatable bonds is 5. The van der Waals surface area contributed by atoms with E-state index >= 15 is 0 Å². The van der Waals surface area contributed by atoms with Gasteiger partial charge in [0.25, 0.3) is 5.91 Å². The van der Waals surface area contributed by atoms with E-state index in [0.717, 1.165) is 11.1 Å². The smallest absolute Gasteiger partial charge is 0.251 e. The number of carbonyl (C=O) groups is 1. The van der Waals surface area contributed by atoms with Crippen LogP contribution in [-0.2, 0) is 9.53 Å². The Bertz CT molecular complexity index is 893. The van der Waals surface area contributed by atoms with Crippen molar-refractivity contribution in [2.75, 3.05) is 24.6 Å². The predicted octanol–water partition coefficient (Wildman–Crippen LogP) is 1.83. The van der Waals surface area contributed by atoms with Gasteiger partial charge in [-0.1, -0.05) is 13.8 Å². The van der Waals surface area contributed by atoms with E-state index in [1.54, 1.807) is 12.3 Å². The van der Waals surface area contributed by atoms with E-state index in [-0.39, 0.29) is 30.6 Å². The molecule has 1 amide bonds. The van der Waals surface area contributed by atoms with Crippen LogP contribution in [0.1, 0.15) is 26.3 Å². The van der Waals surface area contributed by atoms with Gasteiger partial charge in [0.2, 0.25) is 0 Å². The molecule has 3 atom stereocenters. The topological polar surface area (TPSA) is 98.5 Å². The van der Waals surface area contributed by atoms with Crippen molar-refractivity contribution in [1.82, 2.24) is 10.3 Å². The average Bonchev–Trinajstić information content (AvgIpc) is 2.70. The summed E-state index contributed by atoms with van der Waals surface area (Å²) in [7, 11) is 0. The quantitative estimate of drug-likeness (QED) is 0.819. The van der Waals surface area contributed by atoms with Crippen LogP contribution in [0.25, 0.3) is 10.9 Å². The third kappa shape index (κ3) is 4.08. The van der Waals surface area contributed by atoms with Crippen LogP contribution in [-0.4, -0.2) is 53.9 Å². The first-order valence-electron chi connectivity index (χ1n) is 9.54. The number of amides is 1. The molecule has 1 aromatic carbocycles. The molecule has 7 nitrogen and oxygen atoms in total. The van der Waals surface area contributed by atoms with Crippen molar-refractivity contribution >= 4 is 22.5 Å². The molecule has 2 N–H and O–H groups in total. The largest absolute Gasteiger partial charge is 0.394 e. The van der Waals surface area contributed by atoms with Gasteiger partial charge in [0.1, 0.15) is 6.07 Å². The highest BCUT2D eigenvalue weighted by Crippen LogP contribution is 2.30. The minimum atomic E-state index is -0.640. The Morgan fingerprint density at radius 1 is 1.43 bits per heavy atom. The molecule has 1 aliphatic heterocycles. The molecule has 0 radical (unpaired) electrons. The Balaban J connectivity index is 1.87. The molecule has 0 spiro atoms. The maximum atomic E-state index is 12.7. The van der Waals surface area contributed by atoms with E-state index < -0.39 is 6.10 Å². The molecule has 3 rings (SSSR count). The lowest BCUT2D eigenvalue weighted by Crippen LogP contribution is -2.55. The average molecular weight is 382 g/mol. The van der Waals surface area contributed by atoms with Crippen molar-refractivity contribution in [3.05, 3.63) is 36.0 Å². The number of benzene rings is 1. The van der Waals surface area contributed by atoms with Gasteiger partial charge in [-0.2, -0.15) is 5.26 Å². The number of hydrogen-bond donors (Lipinski definition) is 2. The van der Waals surface area contributed by atoms with Gasteiger partial charge in [-0.15, -0.1) is 0 Å². The first kappa shape index (κ1) is 20.1. The van der Waals surface area contributed by atoms with Gasteiger partial charge in [-0.25, -0.2) is 0 Å². The number of ether oxygens (including phenoxy) is 1. The van der Waals surface area contributed by atoms with Crippen LogP contribution in [0.3, 0.4) is 0 Å². The maximum Gasteiger partial charge on any atom is 0.251 e. The highest BCUT2D eigenvalue weighted by molar-refractivity contribution is 5.95. The molecule has 7 heteroatoms. The summed E-state index contributed by atoms with van der Waals surface area (Å²) in [6.07, 6.45) is 0.893. The number of anilines is 1. The van der Waals surface area contributed by atoms with Crippen LogP contribution in [0.2, 0.25) is 0 Å². The summed E-state index contributed by atoms with van der Waals surface area (Å²) in [4.78, 5) is 19.2. The fourth-order valence-electron chi connectivity index (χ4n) is 3.52. The number of nitriles is 1.